The predicted molar refractivity (Wildman–Crippen MR) is 128 cm³/mol. The fourth-order valence-electron chi connectivity index (χ4n) is 6.59. The number of nitrogens with zero attached hydrogens (tertiary/aromatic N) is 3. The first-order valence-corrected chi connectivity index (χ1v) is 13.1. The third kappa shape index (κ3) is 5.21. The molecule has 5 rings (SSSR count). The van der Waals surface area contributed by atoms with Crippen LogP contribution in [0.25, 0.3) is 0 Å². The maximum Gasteiger partial charge on any atom is 0.219 e. The maximum absolute atomic E-state index is 11.8. The van der Waals surface area contributed by atoms with Gasteiger partial charge < -0.3 is 9.64 Å². The Bertz CT molecular complexity index is 737. The van der Waals surface area contributed by atoms with Crippen LogP contribution in [0.5, 0.6) is 0 Å². The Balaban J connectivity index is 1.14. The van der Waals surface area contributed by atoms with Gasteiger partial charge in [-0.1, -0.05) is 24.3 Å². The van der Waals surface area contributed by atoms with E-state index in [0.29, 0.717) is 18.2 Å². The van der Waals surface area contributed by atoms with Crippen molar-refractivity contribution in [2.75, 3.05) is 45.9 Å². The van der Waals surface area contributed by atoms with Gasteiger partial charge in [-0.2, -0.15) is 0 Å². The maximum atomic E-state index is 11.8. The lowest BCUT2D eigenvalue weighted by atomic mass is 9.92. The third-order valence-electron chi connectivity index (χ3n) is 8.58. The number of hydrogen-bond acceptors (Lipinski definition) is 4. The molecule has 3 saturated heterocycles. The lowest BCUT2D eigenvalue weighted by Crippen LogP contribution is -2.51. The van der Waals surface area contributed by atoms with Gasteiger partial charge in [0.15, 0.2) is 0 Å². The zero-order valence-electron chi connectivity index (χ0n) is 19.9. The molecule has 176 valence electrons. The van der Waals surface area contributed by atoms with Crippen LogP contribution in [0.4, 0.5) is 0 Å². The fraction of sp³-hybridized carbons (Fsp3) is 0.741. The average molecular weight is 440 g/mol. The summed E-state index contributed by atoms with van der Waals surface area (Å²) >= 11 is 0. The fourth-order valence-corrected chi connectivity index (χ4v) is 6.59. The summed E-state index contributed by atoms with van der Waals surface area (Å²) in [7, 11) is 0. The molecule has 0 aromatic heterocycles. The van der Waals surface area contributed by atoms with Crippen LogP contribution in [0.3, 0.4) is 0 Å². The predicted octanol–water partition coefficient (Wildman–Crippen LogP) is 3.36. The molecule has 1 aromatic carbocycles. The van der Waals surface area contributed by atoms with Crippen LogP contribution in [-0.2, 0) is 22.4 Å². The number of amides is 1. The zero-order valence-corrected chi connectivity index (χ0v) is 19.9. The van der Waals surface area contributed by atoms with E-state index in [0.717, 1.165) is 45.0 Å². The van der Waals surface area contributed by atoms with E-state index in [-0.39, 0.29) is 5.91 Å². The van der Waals surface area contributed by atoms with Gasteiger partial charge in [-0.15, -0.1) is 0 Å². The number of carbonyl (C=O) groups excluding carboxylic acids is 1. The molecule has 0 unspecified atom stereocenters. The number of fused-ring (bicyclic) bond motifs is 1. The first kappa shape index (κ1) is 22.4. The van der Waals surface area contributed by atoms with Crippen LogP contribution in [0.2, 0.25) is 0 Å². The molecule has 0 N–H and O–H groups in total. The number of carbonyl (C=O) groups is 1. The molecule has 3 fully saturated rings. The van der Waals surface area contributed by atoms with E-state index in [2.05, 4.69) is 34.1 Å². The van der Waals surface area contributed by atoms with E-state index in [1.165, 1.54) is 58.2 Å². The standard InChI is InChI=1S/C27H41N3O2/c1-21(31)28-14-10-25(11-15-28)30(20-27-7-4-16-32-27)19-22-8-12-29(13-9-22)26-17-23-5-2-3-6-24(23)18-26/h2-3,5-6,22,25-27H,4,7-20H2,1H3/t27-/m0/s1. The Morgan fingerprint density at radius 2 is 1.66 bits per heavy atom. The van der Waals surface area contributed by atoms with Gasteiger partial charge in [-0.25, -0.2) is 0 Å². The quantitative estimate of drug-likeness (QED) is 0.681. The number of ether oxygens (including phenoxy) is 1. The summed E-state index contributed by atoms with van der Waals surface area (Å²) in [5.41, 5.74) is 3.14. The van der Waals surface area contributed by atoms with Crippen LogP contribution < -0.4 is 0 Å². The van der Waals surface area contributed by atoms with E-state index >= 15 is 0 Å². The Morgan fingerprint density at radius 1 is 0.969 bits per heavy atom. The minimum absolute atomic E-state index is 0.232. The molecule has 0 bridgehead atoms. The molecule has 3 aliphatic heterocycles. The molecular formula is C27H41N3O2. The number of piperidine rings is 2. The SMILES string of the molecule is CC(=O)N1CCC(N(CC2CCN(C3Cc4ccccc4C3)CC2)C[C@@H]2CCCO2)CC1. The van der Waals surface area contributed by atoms with Crippen LogP contribution >= 0.6 is 0 Å². The van der Waals surface area contributed by atoms with E-state index < -0.39 is 0 Å². The molecule has 4 aliphatic rings. The highest BCUT2D eigenvalue weighted by Crippen LogP contribution is 2.30. The molecule has 0 saturated carbocycles. The molecule has 5 heteroatoms. The van der Waals surface area contributed by atoms with Gasteiger partial charge in [0.2, 0.25) is 5.91 Å². The number of benzene rings is 1. The van der Waals surface area contributed by atoms with Crippen LogP contribution in [0.1, 0.15) is 56.6 Å². The molecule has 1 aliphatic carbocycles. The van der Waals surface area contributed by atoms with Crippen LogP contribution in [0.15, 0.2) is 24.3 Å². The van der Waals surface area contributed by atoms with Crippen molar-refractivity contribution < 1.29 is 9.53 Å². The summed E-state index contributed by atoms with van der Waals surface area (Å²) < 4.78 is 6.02. The second-order valence-electron chi connectivity index (χ2n) is 10.6. The summed E-state index contributed by atoms with van der Waals surface area (Å²) in [6, 6.07) is 10.4. The number of hydrogen-bond donors (Lipinski definition) is 0. The summed E-state index contributed by atoms with van der Waals surface area (Å²) in [6.45, 7) is 9.28. The number of likely N-dealkylation sites (tertiary alicyclic amines) is 2. The third-order valence-corrected chi connectivity index (χ3v) is 8.58. The molecular weight excluding hydrogens is 398 g/mol. The Labute approximate surface area is 194 Å². The summed E-state index contributed by atoms with van der Waals surface area (Å²) in [5.74, 6) is 1.03. The van der Waals surface area contributed by atoms with Gasteiger partial charge in [0.1, 0.15) is 0 Å². The first-order valence-electron chi connectivity index (χ1n) is 13.1. The topological polar surface area (TPSA) is 36.0 Å². The highest BCUT2D eigenvalue weighted by Gasteiger charge is 2.33. The molecule has 1 aromatic rings. The van der Waals surface area contributed by atoms with Crippen molar-refractivity contribution in [3.8, 4) is 0 Å². The lowest BCUT2D eigenvalue weighted by Gasteiger charge is -2.42. The average Bonchev–Trinajstić information content (AvgIpc) is 3.49. The van der Waals surface area contributed by atoms with Gasteiger partial charge in [0.25, 0.3) is 0 Å². The van der Waals surface area contributed by atoms with Crippen molar-refractivity contribution in [2.24, 2.45) is 5.92 Å². The van der Waals surface area contributed by atoms with Crippen LogP contribution in [-0.4, -0.2) is 84.7 Å². The molecule has 0 radical (unpaired) electrons. The minimum atomic E-state index is 0.232. The van der Waals surface area contributed by atoms with Crippen molar-refractivity contribution in [1.29, 1.82) is 0 Å². The molecule has 1 atom stereocenters. The number of rotatable bonds is 6. The first-order chi connectivity index (χ1) is 15.7. The van der Waals surface area contributed by atoms with Crippen LogP contribution in [0, 0.1) is 5.92 Å². The Morgan fingerprint density at radius 3 is 2.25 bits per heavy atom. The molecule has 5 nitrogen and oxygen atoms in total. The second-order valence-corrected chi connectivity index (χ2v) is 10.6. The smallest absolute Gasteiger partial charge is 0.219 e. The van der Waals surface area contributed by atoms with Gasteiger partial charge in [-0.05, 0) is 81.5 Å². The van der Waals surface area contributed by atoms with Gasteiger partial charge >= 0.3 is 0 Å². The lowest BCUT2D eigenvalue weighted by molar-refractivity contribution is -0.130. The second kappa shape index (κ2) is 10.2. The van der Waals surface area contributed by atoms with E-state index in [1.807, 2.05) is 4.90 Å². The molecule has 3 heterocycles. The minimum Gasteiger partial charge on any atom is -0.377 e. The summed E-state index contributed by atoms with van der Waals surface area (Å²) in [4.78, 5) is 19.3. The van der Waals surface area contributed by atoms with Crippen molar-refractivity contribution in [3.63, 3.8) is 0 Å². The van der Waals surface area contributed by atoms with E-state index in [4.69, 9.17) is 4.74 Å². The van der Waals surface area contributed by atoms with Gasteiger partial charge in [0.05, 0.1) is 6.10 Å². The summed E-state index contributed by atoms with van der Waals surface area (Å²) in [6.07, 6.45) is 10.2. The largest absolute Gasteiger partial charge is 0.377 e. The normalized spacial score (nSPS) is 26.2. The molecule has 0 spiro atoms. The Hall–Kier alpha value is -1.43. The van der Waals surface area contributed by atoms with Gasteiger partial charge in [0, 0.05) is 51.8 Å². The van der Waals surface area contributed by atoms with Gasteiger partial charge in [-0.3, -0.25) is 14.6 Å². The molecule has 32 heavy (non-hydrogen) atoms. The highest BCUT2D eigenvalue weighted by molar-refractivity contribution is 5.73. The monoisotopic (exact) mass is 439 g/mol. The van der Waals surface area contributed by atoms with E-state index in [1.54, 1.807) is 18.1 Å². The zero-order chi connectivity index (χ0) is 21.9. The Kier molecular flexibility index (Phi) is 7.15. The van der Waals surface area contributed by atoms with Crippen molar-refractivity contribution in [3.05, 3.63) is 35.4 Å². The highest BCUT2D eigenvalue weighted by atomic mass is 16.5. The van der Waals surface area contributed by atoms with E-state index in [9.17, 15) is 4.79 Å². The van der Waals surface area contributed by atoms with Crippen molar-refractivity contribution in [1.82, 2.24) is 14.7 Å². The van der Waals surface area contributed by atoms with Crippen molar-refractivity contribution >= 4 is 5.91 Å². The molecule has 1 amide bonds. The van der Waals surface area contributed by atoms with Crippen molar-refractivity contribution in [2.45, 2.75) is 76.5 Å². The summed E-state index contributed by atoms with van der Waals surface area (Å²) in [5, 5.41) is 0.